The molecule has 3 heteroatoms. The summed E-state index contributed by atoms with van der Waals surface area (Å²) in [5.74, 6) is 0. The molecule has 1 aliphatic heterocycles. The van der Waals surface area contributed by atoms with Gasteiger partial charge in [0.2, 0.25) is 0 Å². The lowest BCUT2D eigenvalue weighted by atomic mass is 10.0. The molecule has 3 rings (SSSR count). The van der Waals surface area contributed by atoms with E-state index in [0.717, 1.165) is 37.3 Å². The van der Waals surface area contributed by atoms with Gasteiger partial charge in [0.25, 0.3) is 0 Å². The molecule has 0 saturated carbocycles. The van der Waals surface area contributed by atoms with E-state index in [1.807, 2.05) is 6.92 Å². The van der Waals surface area contributed by atoms with Crippen molar-refractivity contribution in [1.29, 1.82) is 0 Å². The molecular formula is C18H21N3. The van der Waals surface area contributed by atoms with E-state index in [1.165, 1.54) is 22.4 Å². The molecule has 0 aliphatic carbocycles. The Kier molecular flexibility index (Phi) is 3.76. The van der Waals surface area contributed by atoms with Crippen molar-refractivity contribution in [2.24, 2.45) is 0 Å². The standard InChI is InChI=1S/C18H21N3/c1-13(2)15-5-3-14(4-6-15)11-21-8-7-18-16(12-21)9-17(19)10-20-18/h3-6,9-10H,1,7-8,11-12,19H2,2H3. The topological polar surface area (TPSA) is 42.2 Å². The van der Waals surface area contributed by atoms with Crippen LogP contribution in [0.15, 0.2) is 43.1 Å². The third kappa shape index (κ3) is 3.14. The fourth-order valence-corrected chi connectivity index (χ4v) is 2.79. The van der Waals surface area contributed by atoms with Gasteiger partial charge in [0.1, 0.15) is 0 Å². The van der Waals surface area contributed by atoms with Gasteiger partial charge in [-0.15, -0.1) is 0 Å². The lowest BCUT2D eigenvalue weighted by Crippen LogP contribution is -2.30. The molecule has 0 fully saturated rings. The van der Waals surface area contributed by atoms with Crippen molar-refractivity contribution in [2.45, 2.75) is 26.4 Å². The second-order valence-electron chi connectivity index (χ2n) is 5.81. The maximum atomic E-state index is 5.84. The predicted octanol–water partition coefficient (Wildman–Crippen LogP) is 3.26. The second kappa shape index (κ2) is 5.70. The number of fused-ring (bicyclic) bond motifs is 1. The summed E-state index contributed by atoms with van der Waals surface area (Å²) in [6, 6.07) is 10.7. The van der Waals surface area contributed by atoms with Crippen LogP contribution in [0, 0.1) is 0 Å². The smallest absolute Gasteiger partial charge is 0.0504 e. The van der Waals surface area contributed by atoms with E-state index < -0.39 is 0 Å². The summed E-state index contributed by atoms with van der Waals surface area (Å²) in [6.07, 6.45) is 2.75. The normalized spacial score (nSPS) is 14.7. The van der Waals surface area contributed by atoms with Gasteiger partial charge < -0.3 is 5.73 Å². The molecule has 2 heterocycles. The minimum Gasteiger partial charge on any atom is -0.397 e. The zero-order valence-corrected chi connectivity index (χ0v) is 12.5. The van der Waals surface area contributed by atoms with Crippen LogP contribution in [0.2, 0.25) is 0 Å². The number of nitrogens with zero attached hydrogens (tertiary/aromatic N) is 2. The maximum absolute atomic E-state index is 5.84. The molecule has 3 nitrogen and oxygen atoms in total. The quantitative estimate of drug-likeness (QED) is 0.937. The molecule has 2 aromatic rings. The first-order chi connectivity index (χ1) is 10.1. The maximum Gasteiger partial charge on any atom is 0.0504 e. The van der Waals surface area contributed by atoms with Crippen molar-refractivity contribution in [3.05, 3.63) is 65.5 Å². The van der Waals surface area contributed by atoms with Crippen LogP contribution in [0.5, 0.6) is 0 Å². The molecule has 0 spiro atoms. The molecule has 1 aliphatic rings. The monoisotopic (exact) mass is 279 g/mol. The van der Waals surface area contributed by atoms with Gasteiger partial charge in [-0.1, -0.05) is 36.4 Å². The van der Waals surface area contributed by atoms with E-state index in [2.05, 4.69) is 46.8 Å². The number of hydrogen-bond donors (Lipinski definition) is 1. The third-order valence-electron chi connectivity index (χ3n) is 3.99. The summed E-state index contributed by atoms with van der Waals surface area (Å²) < 4.78 is 0. The van der Waals surface area contributed by atoms with Crippen LogP contribution >= 0.6 is 0 Å². The van der Waals surface area contributed by atoms with Gasteiger partial charge in [-0.2, -0.15) is 0 Å². The Hall–Kier alpha value is -2.13. The first-order valence-electron chi connectivity index (χ1n) is 7.32. The SMILES string of the molecule is C=C(C)c1ccc(CN2CCc3ncc(N)cc3C2)cc1. The Morgan fingerprint density at radius 3 is 2.81 bits per heavy atom. The van der Waals surface area contributed by atoms with Gasteiger partial charge in [0.15, 0.2) is 0 Å². The van der Waals surface area contributed by atoms with Gasteiger partial charge >= 0.3 is 0 Å². The van der Waals surface area contributed by atoms with E-state index in [0.29, 0.717) is 0 Å². The highest BCUT2D eigenvalue weighted by atomic mass is 15.1. The predicted molar refractivity (Wildman–Crippen MR) is 87.6 cm³/mol. The highest BCUT2D eigenvalue weighted by Gasteiger charge is 2.17. The van der Waals surface area contributed by atoms with E-state index in [4.69, 9.17) is 5.73 Å². The second-order valence-corrected chi connectivity index (χ2v) is 5.81. The van der Waals surface area contributed by atoms with Crippen LogP contribution in [-0.4, -0.2) is 16.4 Å². The number of benzene rings is 1. The number of anilines is 1. The van der Waals surface area contributed by atoms with Crippen molar-refractivity contribution in [2.75, 3.05) is 12.3 Å². The number of hydrogen-bond acceptors (Lipinski definition) is 3. The number of nitrogens with two attached hydrogens (primary N) is 1. The van der Waals surface area contributed by atoms with Gasteiger partial charge in [0.05, 0.1) is 11.9 Å². The van der Waals surface area contributed by atoms with Gasteiger partial charge in [-0.25, -0.2) is 0 Å². The van der Waals surface area contributed by atoms with Gasteiger partial charge in [0, 0.05) is 31.7 Å². The molecule has 0 bridgehead atoms. The van der Waals surface area contributed by atoms with Crippen LogP contribution in [0.4, 0.5) is 5.69 Å². The van der Waals surface area contributed by atoms with Crippen LogP contribution in [0.3, 0.4) is 0 Å². The molecule has 0 unspecified atom stereocenters. The molecular weight excluding hydrogens is 258 g/mol. The van der Waals surface area contributed by atoms with Crippen molar-refractivity contribution in [3.63, 3.8) is 0 Å². The fourth-order valence-electron chi connectivity index (χ4n) is 2.79. The summed E-state index contributed by atoms with van der Waals surface area (Å²) in [7, 11) is 0. The Balaban J connectivity index is 1.70. The Labute approximate surface area is 126 Å². The minimum absolute atomic E-state index is 0.751. The molecule has 1 aromatic carbocycles. The highest BCUT2D eigenvalue weighted by Crippen LogP contribution is 2.21. The molecule has 1 aromatic heterocycles. The lowest BCUT2D eigenvalue weighted by Gasteiger charge is -2.28. The zero-order valence-electron chi connectivity index (χ0n) is 12.5. The van der Waals surface area contributed by atoms with E-state index in [-0.39, 0.29) is 0 Å². The molecule has 108 valence electrons. The molecule has 0 atom stereocenters. The minimum atomic E-state index is 0.751. The van der Waals surface area contributed by atoms with Crippen LogP contribution in [0.25, 0.3) is 5.57 Å². The van der Waals surface area contributed by atoms with E-state index in [9.17, 15) is 0 Å². The van der Waals surface area contributed by atoms with Crippen molar-refractivity contribution < 1.29 is 0 Å². The molecule has 0 radical (unpaired) electrons. The van der Waals surface area contributed by atoms with Crippen LogP contribution in [0.1, 0.15) is 29.3 Å². The number of pyridine rings is 1. The van der Waals surface area contributed by atoms with Crippen LogP contribution < -0.4 is 5.73 Å². The number of aromatic nitrogens is 1. The summed E-state index contributed by atoms with van der Waals surface area (Å²) in [6.45, 7) is 8.95. The fraction of sp³-hybridized carbons (Fsp3) is 0.278. The largest absolute Gasteiger partial charge is 0.397 e. The number of allylic oxidation sites excluding steroid dienone is 1. The number of rotatable bonds is 3. The average molecular weight is 279 g/mol. The van der Waals surface area contributed by atoms with E-state index >= 15 is 0 Å². The van der Waals surface area contributed by atoms with Gasteiger partial charge in [-0.3, -0.25) is 9.88 Å². The highest BCUT2D eigenvalue weighted by molar-refractivity contribution is 5.61. The van der Waals surface area contributed by atoms with Crippen molar-refractivity contribution in [3.8, 4) is 0 Å². The van der Waals surface area contributed by atoms with Gasteiger partial charge in [-0.05, 0) is 29.7 Å². The van der Waals surface area contributed by atoms with Crippen LogP contribution in [-0.2, 0) is 19.5 Å². The number of nitrogen functional groups attached to an aromatic ring is 1. The summed E-state index contributed by atoms with van der Waals surface area (Å²) in [5.41, 5.74) is 12.7. The Morgan fingerprint density at radius 2 is 2.10 bits per heavy atom. The van der Waals surface area contributed by atoms with E-state index in [1.54, 1.807) is 6.20 Å². The molecule has 0 saturated heterocycles. The summed E-state index contributed by atoms with van der Waals surface area (Å²) in [4.78, 5) is 6.87. The molecule has 21 heavy (non-hydrogen) atoms. The third-order valence-corrected chi connectivity index (χ3v) is 3.99. The first kappa shape index (κ1) is 13.8. The zero-order chi connectivity index (χ0) is 14.8. The summed E-state index contributed by atoms with van der Waals surface area (Å²) in [5, 5.41) is 0. The molecule has 0 amide bonds. The Morgan fingerprint density at radius 1 is 1.33 bits per heavy atom. The lowest BCUT2D eigenvalue weighted by molar-refractivity contribution is 0.243. The molecule has 2 N–H and O–H groups in total. The average Bonchev–Trinajstić information content (AvgIpc) is 2.47. The van der Waals surface area contributed by atoms with Crippen molar-refractivity contribution in [1.82, 2.24) is 9.88 Å². The Bertz CT molecular complexity index is 659. The summed E-state index contributed by atoms with van der Waals surface area (Å²) >= 11 is 0. The first-order valence-corrected chi connectivity index (χ1v) is 7.32. The van der Waals surface area contributed by atoms with Crippen molar-refractivity contribution >= 4 is 11.3 Å².